The van der Waals surface area contributed by atoms with Gasteiger partial charge in [0.05, 0.1) is 11.6 Å². The molecule has 1 atom stereocenters. The first-order valence-corrected chi connectivity index (χ1v) is 11.0. The average molecular weight is 390 g/mol. The first kappa shape index (κ1) is 19.7. The first-order chi connectivity index (χ1) is 14.1. The fourth-order valence-corrected chi connectivity index (χ4v) is 5.09. The van der Waals surface area contributed by atoms with E-state index in [9.17, 15) is 5.26 Å². The second-order valence-corrected chi connectivity index (χ2v) is 8.47. The molecule has 0 aliphatic carbocycles. The van der Waals surface area contributed by atoms with E-state index in [1.165, 1.54) is 37.1 Å². The highest BCUT2D eigenvalue weighted by molar-refractivity contribution is 5.75. The summed E-state index contributed by atoms with van der Waals surface area (Å²) in [6.07, 6.45) is 5.96. The van der Waals surface area contributed by atoms with E-state index in [-0.39, 0.29) is 0 Å². The van der Waals surface area contributed by atoms with Gasteiger partial charge in [0.1, 0.15) is 17.5 Å². The van der Waals surface area contributed by atoms with Gasteiger partial charge >= 0.3 is 0 Å². The van der Waals surface area contributed by atoms with Crippen molar-refractivity contribution in [2.45, 2.75) is 71.8 Å². The van der Waals surface area contributed by atoms with Crippen LogP contribution in [0.3, 0.4) is 0 Å². The van der Waals surface area contributed by atoms with E-state index in [0.717, 1.165) is 42.4 Å². The van der Waals surface area contributed by atoms with Crippen molar-refractivity contribution in [3.05, 3.63) is 40.7 Å². The van der Waals surface area contributed by atoms with Crippen molar-refractivity contribution in [2.24, 2.45) is 0 Å². The molecule has 0 bridgehead atoms. The number of aromatic nitrogens is 2. The summed E-state index contributed by atoms with van der Waals surface area (Å²) in [5.74, 6) is 3.60. The lowest BCUT2D eigenvalue weighted by Gasteiger charge is -2.33. The van der Waals surface area contributed by atoms with Gasteiger partial charge in [-0.05, 0) is 56.9 Å². The molecule has 0 saturated heterocycles. The third-order valence-electron chi connectivity index (χ3n) is 6.37. The van der Waals surface area contributed by atoms with Gasteiger partial charge < -0.3 is 9.80 Å². The second-order valence-electron chi connectivity index (χ2n) is 8.47. The number of nitriles is 1. The highest BCUT2D eigenvalue weighted by Gasteiger charge is 2.40. The smallest absolute Gasteiger partial charge is 0.142 e. The quantitative estimate of drug-likeness (QED) is 0.664. The maximum Gasteiger partial charge on any atom is 0.142 e. The van der Waals surface area contributed by atoms with Crippen LogP contribution in [0.15, 0.2) is 18.2 Å². The zero-order valence-electron chi connectivity index (χ0n) is 18.1. The van der Waals surface area contributed by atoms with Crippen LogP contribution < -0.4 is 9.80 Å². The van der Waals surface area contributed by atoms with Crippen molar-refractivity contribution in [3.8, 4) is 6.07 Å². The van der Waals surface area contributed by atoms with Crippen molar-refractivity contribution >= 4 is 17.3 Å². The molecule has 0 amide bonds. The van der Waals surface area contributed by atoms with Crippen molar-refractivity contribution in [1.82, 2.24) is 9.97 Å². The monoisotopic (exact) mass is 389 g/mol. The Hall–Kier alpha value is -2.61. The van der Waals surface area contributed by atoms with Crippen LogP contribution in [0.5, 0.6) is 0 Å². The minimum absolute atomic E-state index is 0.520. The van der Waals surface area contributed by atoms with Gasteiger partial charge in [-0.15, -0.1) is 0 Å². The maximum absolute atomic E-state index is 9.22. The van der Waals surface area contributed by atoms with Crippen LogP contribution in [0, 0.1) is 25.2 Å². The SMILES string of the molecule is CCCC(CCC)N1CC2CCN(c3ccc(C#N)cc3C)c3nc(C)nc1c32. The van der Waals surface area contributed by atoms with Crippen molar-refractivity contribution in [1.29, 1.82) is 5.26 Å². The Morgan fingerprint density at radius 2 is 1.86 bits per heavy atom. The Labute approximate surface area is 174 Å². The second kappa shape index (κ2) is 8.02. The van der Waals surface area contributed by atoms with Crippen molar-refractivity contribution in [2.75, 3.05) is 22.9 Å². The molecular weight excluding hydrogens is 358 g/mol. The third-order valence-corrected chi connectivity index (χ3v) is 6.37. The minimum Gasteiger partial charge on any atom is -0.353 e. The van der Waals surface area contributed by atoms with Gasteiger partial charge in [-0.1, -0.05) is 26.7 Å². The number of rotatable bonds is 6. The van der Waals surface area contributed by atoms with E-state index in [2.05, 4.69) is 42.7 Å². The molecule has 0 saturated carbocycles. The molecule has 4 rings (SSSR count). The Kier molecular flexibility index (Phi) is 5.45. The Morgan fingerprint density at radius 1 is 1.14 bits per heavy atom. The van der Waals surface area contributed by atoms with Crippen LogP contribution in [0.4, 0.5) is 17.3 Å². The van der Waals surface area contributed by atoms with Gasteiger partial charge in [0.2, 0.25) is 0 Å². The predicted molar refractivity (Wildman–Crippen MR) is 118 cm³/mol. The lowest BCUT2D eigenvalue weighted by atomic mass is 9.94. The molecule has 0 spiro atoms. The van der Waals surface area contributed by atoms with E-state index in [0.29, 0.717) is 17.5 Å². The summed E-state index contributed by atoms with van der Waals surface area (Å²) in [6.45, 7) is 10.7. The molecule has 2 aliphatic rings. The number of hydrogen-bond acceptors (Lipinski definition) is 5. The number of nitrogens with zero attached hydrogens (tertiary/aromatic N) is 5. The molecule has 0 radical (unpaired) electrons. The van der Waals surface area contributed by atoms with E-state index in [1.807, 2.05) is 19.1 Å². The molecule has 152 valence electrons. The van der Waals surface area contributed by atoms with E-state index in [4.69, 9.17) is 9.97 Å². The molecular formula is C24H31N5. The molecule has 2 aliphatic heterocycles. The standard InChI is InChI=1S/C24H31N5/c1-5-7-20(8-6-2)29-15-19-11-12-28(21-10-9-18(14-25)13-16(21)3)23-22(19)24(29)27-17(4)26-23/h9-10,13,19-20H,5-8,11-12,15H2,1-4H3. The van der Waals surface area contributed by atoms with Crippen molar-refractivity contribution in [3.63, 3.8) is 0 Å². The molecule has 0 N–H and O–H groups in total. The average Bonchev–Trinajstić information content (AvgIpc) is 3.07. The normalized spacial score (nSPS) is 17.6. The topological polar surface area (TPSA) is 56.0 Å². The van der Waals surface area contributed by atoms with E-state index in [1.54, 1.807) is 0 Å². The summed E-state index contributed by atoms with van der Waals surface area (Å²) in [4.78, 5) is 14.8. The Morgan fingerprint density at radius 3 is 2.52 bits per heavy atom. The summed E-state index contributed by atoms with van der Waals surface area (Å²) in [6, 6.07) is 8.77. The molecule has 2 aromatic rings. The van der Waals surface area contributed by atoms with Crippen LogP contribution in [-0.2, 0) is 0 Å². The number of benzene rings is 1. The zero-order valence-corrected chi connectivity index (χ0v) is 18.1. The molecule has 3 heterocycles. The third kappa shape index (κ3) is 3.46. The zero-order chi connectivity index (χ0) is 20.5. The molecule has 1 unspecified atom stereocenters. The van der Waals surface area contributed by atoms with Gasteiger partial charge in [0, 0.05) is 36.3 Å². The molecule has 5 heteroatoms. The van der Waals surface area contributed by atoms with Crippen LogP contribution in [0.2, 0.25) is 0 Å². The Balaban J connectivity index is 1.78. The summed E-state index contributed by atoms with van der Waals surface area (Å²) in [7, 11) is 0. The molecule has 1 aromatic carbocycles. The predicted octanol–water partition coefficient (Wildman–Crippen LogP) is 5.38. The fraction of sp³-hybridized carbons (Fsp3) is 0.542. The number of aryl methyl sites for hydroxylation is 2. The Bertz CT molecular complexity index is 939. The lowest BCUT2D eigenvalue weighted by Crippen LogP contribution is -2.35. The summed E-state index contributed by atoms with van der Waals surface area (Å²) < 4.78 is 0. The van der Waals surface area contributed by atoms with Gasteiger partial charge in [0.25, 0.3) is 0 Å². The largest absolute Gasteiger partial charge is 0.353 e. The van der Waals surface area contributed by atoms with Crippen molar-refractivity contribution < 1.29 is 0 Å². The van der Waals surface area contributed by atoms with E-state index >= 15 is 0 Å². The van der Waals surface area contributed by atoms with Crippen LogP contribution in [0.25, 0.3) is 0 Å². The van der Waals surface area contributed by atoms with Crippen LogP contribution in [0.1, 0.15) is 74.4 Å². The first-order valence-electron chi connectivity index (χ1n) is 11.0. The highest BCUT2D eigenvalue weighted by atomic mass is 15.3. The molecule has 0 fully saturated rings. The van der Waals surface area contributed by atoms with Crippen LogP contribution >= 0.6 is 0 Å². The minimum atomic E-state index is 0.520. The fourth-order valence-electron chi connectivity index (χ4n) is 5.09. The summed E-state index contributed by atoms with van der Waals surface area (Å²) >= 11 is 0. The summed E-state index contributed by atoms with van der Waals surface area (Å²) in [5.41, 5.74) is 4.32. The number of anilines is 3. The van der Waals surface area contributed by atoms with E-state index < -0.39 is 0 Å². The highest BCUT2D eigenvalue weighted by Crippen LogP contribution is 2.48. The molecule has 29 heavy (non-hydrogen) atoms. The maximum atomic E-state index is 9.22. The lowest BCUT2D eigenvalue weighted by molar-refractivity contribution is 0.493. The van der Waals surface area contributed by atoms with Crippen LogP contribution in [-0.4, -0.2) is 29.1 Å². The number of hydrogen-bond donors (Lipinski definition) is 0. The summed E-state index contributed by atoms with van der Waals surface area (Å²) in [5, 5.41) is 9.22. The van der Waals surface area contributed by atoms with Gasteiger partial charge in [-0.25, -0.2) is 9.97 Å². The molecule has 5 nitrogen and oxygen atoms in total. The van der Waals surface area contributed by atoms with Gasteiger partial charge in [0.15, 0.2) is 0 Å². The van der Waals surface area contributed by atoms with Gasteiger partial charge in [-0.2, -0.15) is 5.26 Å². The molecule has 1 aromatic heterocycles. The van der Waals surface area contributed by atoms with Gasteiger partial charge in [-0.3, -0.25) is 0 Å².